The molecule has 1 aliphatic heterocycles. The van der Waals surface area contributed by atoms with Crippen LogP contribution in [-0.4, -0.2) is 30.9 Å². The molecule has 2 rings (SSSR count). The van der Waals surface area contributed by atoms with Gasteiger partial charge in [-0.2, -0.15) is 0 Å². The molecule has 0 radical (unpaired) electrons. The van der Waals surface area contributed by atoms with Gasteiger partial charge in [-0.05, 0) is 31.9 Å². The topological polar surface area (TPSA) is 44.8 Å². The fourth-order valence-corrected chi connectivity index (χ4v) is 3.45. The van der Waals surface area contributed by atoms with E-state index in [4.69, 9.17) is 37.4 Å². The second-order valence-corrected chi connectivity index (χ2v) is 6.38. The lowest BCUT2D eigenvalue weighted by atomic mass is 9.93. The Morgan fingerprint density at radius 3 is 2.30 bits per heavy atom. The van der Waals surface area contributed by atoms with Crippen molar-refractivity contribution in [3.63, 3.8) is 0 Å². The van der Waals surface area contributed by atoms with Gasteiger partial charge < -0.3 is 14.2 Å². The van der Waals surface area contributed by atoms with E-state index in [1.165, 1.54) is 0 Å². The van der Waals surface area contributed by atoms with E-state index in [0.717, 1.165) is 6.29 Å². The quantitative estimate of drug-likeness (QED) is 0.668. The van der Waals surface area contributed by atoms with Crippen LogP contribution in [0.1, 0.15) is 45.3 Å². The Balaban J connectivity index is 2.54. The van der Waals surface area contributed by atoms with Crippen molar-refractivity contribution in [2.24, 2.45) is 0 Å². The molecule has 0 aliphatic carbocycles. The van der Waals surface area contributed by atoms with E-state index in [1.54, 1.807) is 18.2 Å². The van der Waals surface area contributed by atoms with E-state index in [-0.39, 0.29) is 6.61 Å². The number of rotatable bonds is 7. The maximum Gasteiger partial charge on any atom is 0.180 e. The van der Waals surface area contributed by atoms with Crippen LogP contribution in [0.2, 0.25) is 10.0 Å². The standard InChI is InChI=1S/C17H22Cl2O4/c1-4-17(5-2)22-15(14-12(18)8-7-9-13(14)19)16(10-20,23-17)11-21-6-3/h7-10,15H,4-6,11H2,1-3H3/t15-,16+/m1/s1. The summed E-state index contributed by atoms with van der Waals surface area (Å²) in [7, 11) is 0. The fourth-order valence-electron chi connectivity index (χ4n) is 2.85. The molecule has 6 heteroatoms. The van der Waals surface area contributed by atoms with Crippen LogP contribution in [0.3, 0.4) is 0 Å². The predicted molar refractivity (Wildman–Crippen MR) is 90.0 cm³/mol. The highest BCUT2D eigenvalue weighted by atomic mass is 35.5. The van der Waals surface area contributed by atoms with Gasteiger partial charge in [-0.25, -0.2) is 0 Å². The highest BCUT2D eigenvalue weighted by molar-refractivity contribution is 6.36. The number of carbonyl (C=O) groups excluding carboxylic acids is 1. The smallest absolute Gasteiger partial charge is 0.180 e. The Morgan fingerprint density at radius 2 is 1.83 bits per heavy atom. The number of benzene rings is 1. The van der Waals surface area contributed by atoms with E-state index in [1.807, 2.05) is 20.8 Å². The summed E-state index contributed by atoms with van der Waals surface area (Å²) >= 11 is 12.7. The van der Waals surface area contributed by atoms with Crippen molar-refractivity contribution >= 4 is 29.5 Å². The summed E-state index contributed by atoms with van der Waals surface area (Å²) in [5.41, 5.74) is -0.706. The molecule has 128 valence electrons. The van der Waals surface area contributed by atoms with E-state index in [2.05, 4.69) is 0 Å². The van der Waals surface area contributed by atoms with Crippen molar-refractivity contribution < 1.29 is 19.0 Å². The molecule has 0 spiro atoms. The van der Waals surface area contributed by atoms with Crippen LogP contribution in [0.5, 0.6) is 0 Å². The first-order valence-corrected chi connectivity index (χ1v) is 8.59. The number of aldehydes is 1. The van der Waals surface area contributed by atoms with Crippen molar-refractivity contribution in [3.8, 4) is 0 Å². The third kappa shape index (κ3) is 3.42. The average Bonchev–Trinajstić information content (AvgIpc) is 2.89. The van der Waals surface area contributed by atoms with Gasteiger partial charge in [0, 0.05) is 22.2 Å². The number of halogens is 2. The van der Waals surface area contributed by atoms with E-state index < -0.39 is 17.5 Å². The van der Waals surface area contributed by atoms with Gasteiger partial charge in [0.15, 0.2) is 17.7 Å². The molecule has 23 heavy (non-hydrogen) atoms. The van der Waals surface area contributed by atoms with Crippen LogP contribution in [0.15, 0.2) is 18.2 Å². The molecule has 1 aliphatic rings. The van der Waals surface area contributed by atoms with Gasteiger partial charge in [-0.3, -0.25) is 4.79 Å². The molecule has 1 aromatic rings. The Kier molecular flexibility index (Phi) is 6.09. The van der Waals surface area contributed by atoms with Crippen molar-refractivity contribution in [3.05, 3.63) is 33.8 Å². The molecule has 1 fully saturated rings. The van der Waals surface area contributed by atoms with Crippen LogP contribution in [0.25, 0.3) is 0 Å². The lowest BCUT2D eigenvalue weighted by Crippen LogP contribution is -2.43. The van der Waals surface area contributed by atoms with Crippen LogP contribution in [0, 0.1) is 0 Å². The lowest BCUT2D eigenvalue weighted by molar-refractivity contribution is -0.198. The number of carbonyl (C=O) groups is 1. The summed E-state index contributed by atoms with van der Waals surface area (Å²) in [6.45, 7) is 6.32. The molecular weight excluding hydrogens is 339 g/mol. The lowest BCUT2D eigenvalue weighted by Gasteiger charge is -2.29. The Hall–Kier alpha value is -0.650. The predicted octanol–water partition coefficient (Wildman–Crippen LogP) is 4.57. The molecule has 0 bridgehead atoms. The van der Waals surface area contributed by atoms with Crippen molar-refractivity contribution in [2.75, 3.05) is 13.2 Å². The summed E-state index contributed by atoms with van der Waals surface area (Å²) in [4.78, 5) is 12.0. The maximum absolute atomic E-state index is 12.0. The minimum Gasteiger partial charge on any atom is -0.378 e. The molecule has 1 aromatic carbocycles. The summed E-state index contributed by atoms with van der Waals surface area (Å²) < 4.78 is 17.8. The van der Waals surface area contributed by atoms with Gasteiger partial charge in [0.05, 0.1) is 6.61 Å². The van der Waals surface area contributed by atoms with Crippen molar-refractivity contribution in [1.82, 2.24) is 0 Å². The third-order valence-electron chi connectivity index (χ3n) is 4.22. The molecule has 4 nitrogen and oxygen atoms in total. The first kappa shape index (κ1) is 18.7. The fraction of sp³-hybridized carbons (Fsp3) is 0.588. The second-order valence-electron chi connectivity index (χ2n) is 5.56. The zero-order valence-corrected chi connectivity index (χ0v) is 15.1. The minimum absolute atomic E-state index is 0.0843. The SMILES string of the molecule is CCOC[C@]1(C=O)OC(CC)(CC)O[C@@H]1c1c(Cl)cccc1Cl. The summed E-state index contributed by atoms with van der Waals surface area (Å²) in [5.74, 6) is -0.856. The van der Waals surface area contributed by atoms with Gasteiger partial charge in [-0.1, -0.05) is 43.1 Å². The van der Waals surface area contributed by atoms with Crippen LogP contribution < -0.4 is 0 Å². The number of hydrogen-bond acceptors (Lipinski definition) is 4. The van der Waals surface area contributed by atoms with Crippen molar-refractivity contribution in [1.29, 1.82) is 0 Å². The maximum atomic E-state index is 12.0. The number of ether oxygens (including phenoxy) is 3. The first-order valence-electron chi connectivity index (χ1n) is 7.83. The Bertz CT molecular complexity index is 539. The molecular formula is C17H22Cl2O4. The molecule has 0 N–H and O–H groups in total. The monoisotopic (exact) mass is 360 g/mol. The normalized spacial score (nSPS) is 26.4. The van der Waals surface area contributed by atoms with E-state index in [0.29, 0.717) is 35.1 Å². The largest absolute Gasteiger partial charge is 0.378 e. The highest BCUT2D eigenvalue weighted by Gasteiger charge is 2.57. The van der Waals surface area contributed by atoms with Crippen molar-refractivity contribution in [2.45, 2.75) is 51.1 Å². The Labute approximate surface area is 147 Å². The molecule has 0 aromatic heterocycles. The molecule has 1 saturated heterocycles. The Morgan fingerprint density at radius 1 is 1.22 bits per heavy atom. The zero-order chi connectivity index (χ0) is 17.1. The van der Waals surface area contributed by atoms with Gasteiger partial charge >= 0.3 is 0 Å². The molecule has 0 amide bonds. The molecule has 2 atom stereocenters. The van der Waals surface area contributed by atoms with Gasteiger partial charge in [0.25, 0.3) is 0 Å². The minimum atomic E-state index is -1.27. The van der Waals surface area contributed by atoms with Gasteiger partial charge in [-0.15, -0.1) is 0 Å². The summed E-state index contributed by atoms with van der Waals surface area (Å²) in [6, 6.07) is 5.20. The van der Waals surface area contributed by atoms with Crippen LogP contribution >= 0.6 is 23.2 Å². The molecule has 0 saturated carbocycles. The average molecular weight is 361 g/mol. The first-order chi connectivity index (χ1) is 11.0. The summed E-state index contributed by atoms with van der Waals surface area (Å²) in [6.07, 6.45) is 1.24. The van der Waals surface area contributed by atoms with Crippen LogP contribution in [0.4, 0.5) is 0 Å². The molecule has 0 unspecified atom stereocenters. The van der Waals surface area contributed by atoms with Gasteiger partial charge in [0.2, 0.25) is 0 Å². The second kappa shape index (κ2) is 7.49. The third-order valence-corrected chi connectivity index (χ3v) is 4.88. The summed E-state index contributed by atoms with van der Waals surface area (Å²) in [5, 5.41) is 0.883. The van der Waals surface area contributed by atoms with Gasteiger partial charge in [0.1, 0.15) is 6.10 Å². The number of hydrogen-bond donors (Lipinski definition) is 0. The van der Waals surface area contributed by atoms with E-state index >= 15 is 0 Å². The van der Waals surface area contributed by atoms with E-state index in [9.17, 15) is 4.79 Å². The highest BCUT2D eigenvalue weighted by Crippen LogP contribution is 2.50. The molecule has 1 heterocycles. The zero-order valence-electron chi connectivity index (χ0n) is 13.6. The van der Waals surface area contributed by atoms with Crippen LogP contribution in [-0.2, 0) is 19.0 Å².